The molecule has 0 saturated heterocycles. The number of amides is 1. The van der Waals surface area contributed by atoms with E-state index >= 15 is 0 Å². The number of nitrogens with two attached hydrogens (primary N) is 2. The van der Waals surface area contributed by atoms with Crippen molar-refractivity contribution in [2.24, 2.45) is 11.5 Å². The molecule has 0 aromatic heterocycles. The van der Waals surface area contributed by atoms with Gasteiger partial charge in [-0.05, 0) is 13.3 Å². The normalized spacial score (nSPS) is 16.2. The Morgan fingerprint density at radius 1 is 1.89 bits per heavy atom. The van der Waals surface area contributed by atoms with Gasteiger partial charge in [0.15, 0.2) is 0 Å². The van der Waals surface area contributed by atoms with Crippen LogP contribution >= 0.6 is 0 Å². The summed E-state index contributed by atoms with van der Waals surface area (Å²) in [7, 11) is 0. The van der Waals surface area contributed by atoms with Crippen LogP contribution in [0, 0.1) is 0 Å². The smallest absolute Gasteiger partial charge is 0.237 e. The van der Waals surface area contributed by atoms with Gasteiger partial charge < -0.3 is 11.5 Å². The Bertz CT molecular complexity index is 129. The van der Waals surface area contributed by atoms with Crippen molar-refractivity contribution in [3.63, 3.8) is 0 Å². The Kier molecular flexibility index (Phi) is 2.40. The van der Waals surface area contributed by atoms with E-state index < -0.39 is 11.4 Å². The van der Waals surface area contributed by atoms with Crippen molar-refractivity contribution < 1.29 is 4.79 Å². The van der Waals surface area contributed by atoms with Gasteiger partial charge in [-0.3, -0.25) is 4.79 Å². The first-order valence-corrected chi connectivity index (χ1v) is 2.70. The zero-order chi connectivity index (χ0) is 7.49. The fourth-order valence-corrected chi connectivity index (χ4v) is 0.400. The molecule has 1 atom stereocenters. The van der Waals surface area contributed by atoms with Crippen LogP contribution in [-0.2, 0) is 4.79 Å². The highest BCUT2D eigenvalue weighted by Crippen LogP contribution is 2.03. The van der Waals surface area contributed by atoms with Crippen molar-refractivity contribution in [3.05, 3.63) is 12.7 Å². The van der Waals surface area contributed by atoms with Crippen molar-refractivity contribution >= 4 is 5.91 Å². The lowest BCUT2D eigenvalue weighted by atomic mass is 9.99. The lowest BCUT2D eigenvalue weighted by Gasteiger charge is -2.17. The van der Waals surface area contributed by atoms with Crippen molar-refractivity contribution in [1.29, 1.82) is 0 Å². The molecule has 0 spiro atoms. The third-order valence-electron chi connectivity index (χ3n) is 1.13. The number of carbonyl (C=O) groups excluding carboxylic acids is 1. The molecule has 0 bridgehead atoms. The number of hydrogen-bond donors (Lipinski definition) is 2. The Balaban J connectivity index is 4.00. The van der Waals surface area contributed by atoms with Crippen molar-refractivity contribution in [2.45, 2.75) is 18.9 Å². The lowest BCUT2D eigenvalue weighted by molar-refractivity contribution is -0.122. The summed E-state index contributed by atoms with van der Waals surface area (Å²) in [6, 6.07) is 0. The van der Waals surface area contributed by atoms with Gasteiger partial charge in [-0.15, -0.1) is 6.58 Å². The first-order chi connectivity index (χ1) is 4.00. The van der Waals surface area contributed by atoms with Gasteiger partial charge in [0.2, 0.25) is 5.91 Å². The second-order valence-corrected chi connectivity index (χ2v) is 2.27. The predicted octanol–water partition coefficient (Wildman–Crippen LogP) is -0.235. The molecule has 0 aromatic carbocycles. The number of rotatable bonds is 3. The van der Waals surface area contributed by atoms with Crippen LogP contribution in [0.25, 0.3) is 0 Å². The van der Waals surface area contributed by atoms with Crippen LogP contribution in [0.5, 0.6) is 0 Å². The molecule has 0 unspecified atom stereocenters. The van der Waals surface area contributed by atoms with Crippen molar-refractivity contribution in [3.8, 4) is 0 Å². The summed E-state index contributed by atoms with van der Waals surface area (Å²) in [5, 5.41) is 0. The minimum absolute atomic E-state index is 0.419. The van der Waals surface area contributed by atoms with Crippen LogP contribution < -0.4 is 11.5 Å². The van der Waals surface area contributed by atoms with Gasteiger partial charge in [0.25, 0.3) is 0 Å². The van der Waals surface area contributed by atoms with E-state index in [2.05, 4.69) is 6.58 Å². The quantitative estimate of drug-likeness (QED) is 0.515. The van der Waals surface area contributed by atoms with Gasteiger partial charge in [0.1, 0.15) is 0 Å². The molecule has 0 aromatic rings. The standard InChI is InChI=1S/C6H12N2O/c1-3-4-6(2,8)5(7)9/h3H,1,4,8H2,2H3,(H2,7,9)/t6-/m1/s1. The third kappa shape index (κ3) is 2.28. The topological polar surface area (TPSA) is 69.1 Å². The molecule has 0 heterocycles. The van der Waals surface area contributed by atoms with Gasteiger partial charge in [-0.2, -0.15) is 0 Å². The average molecular weight is 128 g/mol. The monoisotopic (exact) mass is 128 g/mol. The molecule has 0 aliphatic heterocycles. The zero-order valence-corrected chi connectivity index (χ0v) is 5.55. The number of hydrogen-bond acceptors (Lipinski definition) is 2. The van der Waals surface area contributed by atoms with Crippen LogP contribution in [0.3, 0.4) is 0 Å². The van der Waals surface area contributed by atoms with E-state index in [9.17, 15) is 4.79 Å². The molecule has 0 radical (unpaired) electrons. The minimum Gasteiger partial charge on any atom is -0.368 e. The van der Waals surface area contributed by atoms with E-state index in [1.165, 1.54) is 0 Å². The first-order valence-electron chi connectivity index (χ1n) is 2.70. The van der Waals surface area contributed by atoms with Crippen LogP contribution in [0.1, 0.15) is 13.3 Å². The highest BCUT2D eigenvalue weighted by molar-refractivity contribution is 5.83. The zero-order valence-electron chi connectivity index (χ0n) is 5.55. The molecule has 0 aliphatic carbocycles. The summed E-state index contributed by atoms with van der Waals surface area (Å²) in [5.74, 6) is -0.498. The lowest BCUT2D eigenvalue weighted by Crippen LogP contribution is -2.48. The van der Waals surface area contributed by atoms with Crippen LogP contribution in [0.2, 0.25) is 0 Å². The molecule has 4 N–H and O–H groups in total. The molecular formula is C6H12N2O. The van der Waals surface area contributed by atoms with Gasteiger partial charge in [0.05, 0.1) is 5.54 Å². The summed E-state index contributed by atoms with van der Waals surface area (Å²) in [5.41, 5.74) is 9.44. The molecule has 3 nitrogen and oxygen atoms in total. The summed E-state index contributed by atoms with van der Waals surface area (Å²) in [6.07, 6.45) is 1.99. The van der Waals surface area contributed by atoms with Crippen molar-refractivity contribution in [2.75, 3.05) is 0 Å². The maximum Gasteiger partial charge on any atom is 0.237 e. The molecule has 1 amide bonds. The van der Waals surface area contributed by atoms with Crippen LogP contribution in [0.4, 0.5) is 0 Å². The first kappa shape index (κ1) is 8.17. The number of carbonyl (C=O) groups is 1. The summed E-state index contributed by atoms with van der Waals surface area (Å²) in [6.45, 7) is 5.02. The Hall–Kier alpha value is -0.830. The molecule has 9 heavy (non-hydrogen) atoms. The van der Waals surface area contributed by atoms with Gasteiger partial charge in [-0.1, -0.05) is 6.08 Å². The van der Waals surface area contributed by atoms with Gasteiger partial charge >= 0.3 is 0 Å². The van der Waals surface area contributed by atoms with Crippen LogP contribution in [-0.4, -0.2) is 11.4 Å². The largest absolute Gasteiger partial charge is 0.368 e. The van der Waals surface area contributed by atoms with E-state index in [1.807, 2.05) is 0 Å². The second-order valence-electron chi connectivity index (χ2n) is 2.27. The average Bonchev–Trinajstić information content (AvgIpc) is 1.65. The van der Waals surface area contributed by atoms with E-state index in [4.69, 9.17) is 11.5 Å². The Morgan fingerprint density at radius 2 is 2.33 bits per heavy atom. The molecule has 0 aliphatic rings. The highest BCUT2D eigenvalue weighted by Gasteiger charge is 2.22. The molecule has 3 heteroatoms. The number of primary amides is 1. The maximum absolute atomic E-state index is 10.5. The highest BCUT2D eigenvalue weighted by atomic mass is 16.1. The second kappa shape index (κ2) is 2.64. The van der Waals surface area contributed by atoms with E-state index in [0.717, 1.165) is 0 Å². The van der Waals surface area contributed by atoms with Crippen LogP contribution in [0.15, 0.2) is 12.7 Å². The molecule has 52 valence electrons. The summed E-state index contributed by atoms with van der Waals surface area (Å²) >= 11 is 0. The fourth-order valence-electron chi connectivity index (χ4n) is 0.400. The van der Waals surface area contributed by atoms with E-state index in [0.29, 0.717) is 6.42 Å². The summed E-state index contributed by atoms with van der Waals surface area (Å²) in [4.78, 5) is 10.5. The van der Waals surface area contributed by atoms with Gasteiger partial charge in [0, 0.05) is 0 Å². The predicted molar refractivity (Wildman–Crippen MR) is 36.6 cm³/mol. The van der Waals surface area contributed by atoms with Crippen molar-refractivity contribution in [1.82, 2.24) is 0 Å². The maximum atomic E-state index is 10.5. The molecule has 0 saturated carbocycles. The molecule has 0 rings (SSSR count). The summed E-state index contributed by atoms with van der Waals surface area (Å²) < 4.78 is 0. The molecule has 0 fully saturated rings. The Morgan fingerprint density at radius 3 is 2.44 bits per heavy atom. The Labute approximate surface area is 54.7 Å². The fraction of sp³-hybridized carbons (Fsp3) is 0.500. The SMILES string of the molecule is C=CC[C@@](C)(N)C(N)=O. The van der Waals surface area contributed by atoms with E-state index in [1.54, 1.807) is 13.0 Å². The van der Waals surface area contributed by atoms with E-state index in [-0.39, 0.29) is 0 Å². The molecular weight excluding hydrogens is 116 g/mol. The van der Waals surface area contributed by atoms with Gasteiger partial charge in [-0.25, -0.2) is 0 Å². The minimum atomic E-state index is -0.929. The third-order valence-corrected chi connectivity index (χ3v) is 1.13.